The van der Waals surface area contributed by atoms with Crippen molar-refractivity contribution in [2.45, 2.75) is 52.4 Å². The van der Waals surface area contributed by atoms with Crippen molar-refractivity contribution < 1.29 is 4.79 Å². The lowest BCUT2D eigenvalue weighted by Crippen LogP contribution is -2.22. The van der Waals surface area contributed by atoms with Crippen LogP contribution in [-0.2, 0) is 6.42 Å². The summed E-state index contributed by atoms with van der Waals surface area (Å²) >= 11 is 0. The number of likely N-dealkylation sites (N-methyl/N-ethyl adjacent to an activating group) is 1. The van der Waals surface area contributed by atoms with Gasteiger partial charge in [0.15, 0.2) is 0 Å². The molecule has 0 aromatic heterocycles. The normalized spacial score (nSPS) is 14.5. The average molecular weight is 434 g/mol. The lowest BCUT2D eigenvalue weighted by molar-refractivity contribution is 0.0827. The lowest BCUT2D eigenvalue weighted by atomic mass is 9.85. The molecule has 1 aromatic rings. The van der Waals surface area contributed by atoms with E-state index in [0.717, 1.165) is 36.9 Å². The first-order chi connectivity index (χ1) is 15.1. The van der Waals surface area contributed by atoms with E-state index in [-0.39, 0.29) is 11.8 Å². The van der Waals surface area contributed by atoms with Gasteiger partial charge < -0.3 is 15.2 Å². The lowest BCUT2D eigenvalue weighted by Gasteiger charge is -2.21. The topological polar surface area (TPSA) is 47.4 Å². The number of nitrogens with one attached hydrogen (secondary N) is 1. The smallest absolute Gasteiger partial charge is 0.253 e. The van der Waals surface area contributed by atoms with Gasteiger partial charge in [-0.3, -0.25) is 4.79 Å². The summed E-state index contributed by atoms with van der Waals surface area (Å²) in [6, 6.07) is 6.00. The summed E-state index contributed by atoms with van der Waals surface area (Å²) in [6.45, 7) is 10.4. The highest BCUT2D eigenvalue weighted by atomic mass is 16.2. The first kappa shape index (κ1) is 25.4. The molecule has 1 unspecified atom stereocenters. The number of rotatable bonds is 9. The molecule has 0 bridgehead atoms. The zero-order valence-electron chi connectivity index (χ0n) is 20.9. The minimum atomic E-state index is 0.00897. The van der Waals surface area contributed by atoms with Crippen molar-refractivity contribution >= 4 is 11.6 Å². The van der Waals surface area contributed by atoms with Crippen molar-refractivity contribution in [3.63, 3.8) is 0 Å². The van der Waals surface area contributed by atoms with E-state index in [1.54, 1.807) is 19.0 Å². The molecule has 4 heteroatoms. The first-order valence-electron chi connectivity index (χ1n) is 11.4. The molecule has 0 saturated heterocycles. The fourth-order valence-electron chi connectivity index (χ4n) is 4.19. The highest BCUT2D eigenvalue weighted by Crippen LogP contribution is 2.30. The van der Waals surface area contributed by atoms with Crippen LogP contribution in [0.2, 0.25) is 0 Å². The van der Waals surface area contributed by atoms with Gasteiger partial charge >= 0.3 is 0 Å². The molecule has 2 rings (SSSR count). The second-order valence-corrected chi connectivity index (χ2v) is 9.08. The predicted molar refractivity (Wildman–Crippen MR) is 137 cm³/mol. The van der Waals surface area contributed by atoms with Crippen LogP contribution in [0.15, 0.2) is 65.4 Å². The second kappa shape index (κ2) is 11.1. The molecule has 0 aliphatic heterocycles. The molecule has 1 aliphatic rings. The molecule has 4 nitrogen and oxygen atoms in total. The zero-order valence-corrected chi connectivity index (χ0v) is 20.9. The van der Waals surface area contributed by atoms with Crippen LogP contribution < -0.4 is 0 Å². The standard InChI is InChI=1S/C28H39N3O/c1-9-26(20(3)29)27-16-15-25(28(32)31(7)8)18-24(27)14-13-22-17-23(21(4)30(5)6)12-10-11-19(22)2/h10-11,15-18,26,29H,4,9,12-14H2,1-3,5-8H3. The van der Waals surface area contributed by atoms with Crippen LogP contribution >= 0.6 is 0 Å². The minimum absolute atomic E-state index is 0.00897. The summed E-state index contributed by atoms with van der Waals surface area (Å²) in [5.74, 6) is 0.0897. The van der Waals surface area contributed by atoms with Crippen LogP contribution in [0.4, 0.5) is 0 Å². The molecular formula is C28H39N3O. The van der Waals surface area contributed by atoms with Crippen molar-refractivity contribution in [1.29, 1.82) is 5.41 Å². The zero-order chi connectivity index (χ0) is 24.0. The van der Waals surface area contributed by atoms with Gasteiger partial charge in [0, 0.05) is 51.1 Å². The van der Waals surface area contributed by atoms with Gasteiger partial charge in [-0.25, -0.2) is 0 Å². The summed E-state index contributed by atoms with van der Waals surface area (Å²) in [4.78, 5) is 16.3. The molecule has 32 heavy (non-hydrogen) atoms. The average Bonchev–Trinajstić information content (AvgIpc) is 2.93. The van der Waals surface area contributed by atoms with Gasteiger partial charge in [-0.2, -0.15) is 0 Å². The van der Waals surface area contributed by atoms with E-state index >= 15 is 0 Å². The Morgan fingerprint density at radius 2 is 1.84 bits per heavy atom. The Kier molecular flexibility index (Phi) is 8.82. The van der Waals surface area contributed by atoms with Crippen LogP contribution in [0.3, 0.4) is 0 Å². The van der Waals surface area contributed by atoms with E-state index in [9.17, 15) is 4.79 Å². The molecule has 0 radical (unpaired) electrons. The number of carbonyl (C=O) groups is 1. The third kappa shape index (κ3) is 6.09. The molecule has 172 valence electrons. The quantitative estimate of drug-likeness (QED) is 0.476. The number of hydrogen-bond donors (Lipinski definition) is 1. The second-order valence-electron chi connectivity index (χ2n) is 9.08. The molecule has 1 amide bonds. The Bertz CT molecular complexity index is 976. The van der Waals surface area contributed by atoms with Crippen LogP contribution in [0.25, 0.3) is 0 Å². The molecule has 0 heterocycles. The monoisotopic (exact) mass is 433 g/mol. The van der Waals surface area contributed by atoms with Gasteiger partial charge in [-0.1, -0.05) is 37.8 Å². The summed E-state index contributed by atoms with van der Waals surface area (Å²) in [7, 11) is 7.61. The van der Waals surface area contributed by atoms with Crippen molar-refractivity contribution in [2.75, 3.05) is 28.2 Å². The van der Waals surface area contributed by atoms with Gasteiger partial charge in [0.2, 0.25) is 0 Å². The maximum Gasteiger partial charge on any atom is 0.253 e. The Morgan fingerprint density at radius 1 is 1.16 bits per heavy atom. The number of amides is 1. The Balaban J connectivity index is 2.44. The van der Waals surface area contributed by atoms with Gasteiger partial charge in [0.25, 0.3) is 5.91 Å². The molecule has 1 aromatic carbocycles. The number of allylic oxidation sites excluding steroid dienone is 6. The molecule has 1 N–H and O–H groups in total. The third-order valence-corrected chi connectivity index (χ3v) is 6.24. The fourth-order valence-corrected chi connectivity index (χ4v) is 4.19. The van der Waals surface area contributed by atoms with Crippen LogP contribution in [0, 0.1) is 5.41 Å². The van der Waals surface area contributed by atoms with Crippen LogP contribution in [0.5, 0.6) is 0 Å². The Labute approximate surface area is 194 Å². The molecule has 0 saturated carbocycles. The van der Waals surface area contributed by atoms with Crippen molar-refractivity contribution in [3.8, 4) is 0 Å². The molecule has 1 atom stereocenters. The van der Waals surface area contributed by atoms with Gasteiger partial charge in [-0.05, 0) is 79.5 Å². The van der Waals surface area contributed by atoms with Crippen molar-refractivity contribution in [1.82, 2.24) is 9.80 Å². The van der Waals surface area contributed by atoms with Gasteiger partial charge in [0.05, 0.1) is 0 Å². The minimum Gasteiger partial charge on any atom is -0.378 e. The predicted octanol–water partition coefficient (Wildman–Crippen LogP) is 6.13. The molecule has 0 spiro atoms. The maximum absolute atomic E-state index is 12.6. The van der Waals surface area contributed by atoms with Crippen molar-refractivity contribution in [2.24, 2.45) is 0 Å². The summed E-state index contributed by atoms with van der Waals surface area (Å²) in [6.07, 6.45) is 10.1. The fraction of sp³-hybridized carbons (Fsp3) is 0.429. The van der Waals surface area contributed by atoms with E-state index < -0.39 is 0 Å². The third-order valence-electron chi connectivity index (χ3n) is 6.24. The molecule has 0 fully saturated rings. The Morgan fingerprint density at radius 3 is 2.41 bits per heavy atom. The molecule has 1 aliphatic carbocycles. The van der Waals surface area contributed by atoms with Gasteiger partial charge in [-0.15, -0.1) is 0 Å². The van der Waals surface area contributed by atoms with Crippen molar-refractivity contribution in [3.05, 3.63) is 82.1 Å². The number of benzene rings is 1. The highest BCUT2D eigenvalue weighted by molar-refractivity contribution is 5.94. The summed E-state index contributed by atoms with van der Waals surface area (Å²) < 4.78 is 0. The largest absolute Gasteiger partial charge is 0.378 e. The number of aryl methyl sites for hydroxylation is 1. The van der Waals surface area contributed by atoms with Crippen LogP contribution in [0.1, 0.15) is 67.4 Å². The van der Waals surface area contributed by atoms with Crippen LogP contribution in [-0.4, -0.2) is 49.6 Å². The van der Waals surface area contributed by atoms with E-state index in [0.29, 0.717) is 11.3 Å². The summed E-state index contributed by atoms with van der Waals surface area (Å²) in [5.41, 5.74) is 8.53. The maximum atomic E-state index is 12.6. The van der Waals surface area contributed by atoms with Gasteiger partial charge in [0.1, 0.15) is 0 Å². The first-order valence-corrected chi connectivity index (χ1v) is 11.4. The Hall–Kier alpha value is -2.88. The van der Waals surface area contributed by atoms with E-state index in [2.05, 4.69) is 49.6 Å². The molecular weight excluding hydrogens is 394 g/mol. The number of carbonyl (C=O) groups excluding carboxylic acids is 1. The van der Waals surface area contributed by atoms with E-state index in [1.165, 1.54) is 22.3 Å². The number of nitrogens with zero attached hydrogens (tertiary/aromatic N) is 2. The highest BCUT2D eigenvalue weighted by Gasteiger charge is 2.19. The number of hydrogen-bond acceptors (Lipinski definition) is 3. The SMILES string of the molecule is C=C(C1=CC(CCc2cc(C(=O)N(C)C)ccc2C(CC)C(C)=N)=C(C)C=CC1)N(C)C. The van der Waals surface area contributed by atoms with E-state index in [4.69, 9.17) is 5.41 Å². The van der Waals surface area contributed by atoms with E-state index in [1.807, 2.05) is 33.2 Å². The summed E-state index contributed by atoms with van der Waals surface area (Å²) in [5, 5.41) is 8.28.